The van der Waals surface area contributed by atoms with Gasteiger partial charge >= 0.3 is 6.09 Å². The highest BCUT2D eigenvalue weighted by atomic mass is 16.5. The van der Waals surface area contributed by atoms with Gasteiger partial charge in [0.25, 0.3) is 0 Å². The number of carbonyl (C=O) groups is 1. The first-order valence-electron chi connectivity index (χ1n) is 5.86. The van der Waals surface area contributed by atoms with Crippen LogP contribution in [0.2, 0.25) is 0 Å². The average Bonchev–Trinajstić information content (AvgIpc) is 2.33. The quantitative estimate of drug-likeness (QED) is 0.760. The van der Waals surface area contributed by atoms with Crippen LogP contribution < -0.4 is 10.1 Å². The Labute approximate surface area is 107 Å². The molecule has 0 aliphatic heterocycles. The second kappa shape index (κ2) is 6.86. The second-order valence-electron chi connectivity index (χ2n) is 4.29. The van der Waals surface area contributed by atoms with Gasteiger partial charge < -0.3 is 20.1 Å². The van der Waals surface area contributed by atoms with Gasteiger partial charge in [0.2, 0.25) is 0 Å². The third-order valence-electron chi connectivity index (χ3n) is 2.76. The lowest BCUT2D eigenvalue weighted by atomic mass is 10.1. The Hall–Kier alpha value is -1.75. The summed E-state index contributed by atoms with van der Waals surface area (Å²) in [5, 5.41) is 10.7. The number of hydrogen-bond donors (Lipinski definition) is 2. The van der Waals surface area contributed by atoms with Gasteiger partial charge in [-0.05, 0) is 38.7 Å². The van der Waals surface area contributed by atoms with E-state index >= 15 is 0 Å². The molecule has 0 saturated heterocycles. The molecule has 1 rings (SSSR count). The Bertz CT molecular complexity index is 394. The van der Waals surface area contributed by atoms with Crippen molar-refractivity contribution < 1.29 is 14.6 Å². The van der Waals surface area contributed by atoms with E-state index in [0.29, 0.717) is 12.6 Å². The molecule has 0 aromatic heterocycles. The largest absolute Gasteiger partial charge is 0.492 e. The van der Waals surface area contributed by atoms with Crippen molar-refractivity contribution in [1.82, 2.24) is 10.2 Å². The fourth-order valence-corrected chi connectivity index (χ4v) is 1.49. The van der Waals surface area contributed by atoms with Crippen molar-refractivity contribution in [3.8, 4) is 5.75 Å². The van der Waals surface area contributed by atoms with Crippen LogP contribution in [0.4, 0.5) is 4.79 Å². The number of carboxylic acid groups (broad SMARTS) is 1. The van der Waals surface area contributed by atoms with E-state index in [1.807, 2.05) is 38.4 Å². The van der Waals surface area contributed by atoms with Crippen molar-refractivity contribution in [2.24, 2.45) is 0 Å². The summed E-state index contributed by atoms with van der Waals surface area (Å²) in [6, 6.07) is 8.14. The van der Waals surface area contributed by atoms with E-state index in [-0.39, 0.29) is 6.54 Å². The molecule has 5 heteroatoms. The average molecular weight is 252 g/mol. The van der Waals surface area contributed by atoms with Crippen LogP contribution in [0.5, 0.6) is 5.75 Å². The smallest absolute Gasteiger partial charge is 0.404 e. The summed E-state index contributed by atoms with van der Waals surface area (Å²) in [6.45, 7) is 2.72. The van der Waals surface area contributed by atoms with Crippen molar-refractivity contribution >= 4 is 6.09 Å². The van der Waals surface area contributed by atoms with E-state index in [4.69, 9.17) is 9.84 Å². The van der Waals surface area contributed by atoms with Crippen molar-refractivity contribution in [1.29, 1.82) is 0 Å². The number of nitrogens with zero attached hydrogens (tertiary/aromatic N) is 1. The third kappa shape index (κ3) is 4.63. The summed E-state index contributed by atoms with van der Waals surface area (Å²) in [6.07, 6.45) is -1.03. The third-order valence-corrected chi connectivity index (χ3v) is 2.76. The number of ether oxygens (including phenoxy) is 1. The minimum Gasteiger partial charge on any atom is -0.492 e. The topological polar surface area (TPSA) is 61.8 Å². The zero-order valence-electron chi connectivity index (χ0n) is 11.0. The van der Waals surface area contributed by atoms with Gasteiger partial charge in [-0.3, -0.25) is 0 Å². The number of rotatable bonds is 6. The molecule has 1 aromatic rings. The van der Waals surface area contributed by atoms with E-state index < -0.39 is 6.09 Å². The highest BCUT2D eigenvalue weighted by molar-refractivity contribution is 5.64. The first-order chi connectivity index (χ1) is 8.50. The van der Waals surface area contributed by atoms with Crippen LogP contribution >= 0.6 is 0 Å². The van der Waals surface area contributed by atoms with Crippen LogP contribution in [-0.2, 0) is 0 Å². The highest BCUT2D eigenvalue weighted by Crippen LogP contribution is 2.21. The molecule has 5 nitrogen and oxygen atoms in total. The molecule has 0 fully saturated rings. The highest BCUT2D eigenvalue weighted by Gasteiger charge is 2.08. The predicted molar refractivity (Wildman–Crippen MR) is 70.1 cm³/mol. The molecule has 0 bridgehead atoms. The number of nitrogens with one attached hydrogen (secondary N) is 1. The van der Waals surface area contributed by atoms with Crippen LogP contribution in [-0.4, -0.2) is 43.3 Å². The summed E-state index contributed by atoms with van der Waals surface area (Å²) in [4.78, 5) is 12.4. The summed E-state index contributed by atoms with van der Waals surface area (Å²) < 4.78 is 5.48. The van der Waals surface area contributed by atoms with Gasteiger partial charge in [-0.1, -0.05) is 12.1 Å². The summed E-state index contributed by atoms with van der Waals surface area (Å²) in [5.41, 5.74) is 1.17. The van der Waals surface area contributed by atoms with E-state index in [9.17, 15) is 4.79 Å². The molecule has 2 N–H and O–H groups in total. The molecule has 1 atom stereocenters. The zero-order chi connectivity index (χ0) is 13.5. The minimum atomic E-state index is -1.03. The maximum Gasteiger partial charge on any atom is 0.404 e. The molecule has 1 amide bonds. The molecule has 1 aromatic carbocycles. The Balaban J connectivity index is 2.52. The monoisotopic (exact) mass is 252 g/mol. The number of amides is 1. The van der Waals surface area contributed by atoms with Gasteiger partial charge in [0.15, 0.2) is 0 Å². The van der Waals surface area contributed by atoms with Gasteiger partial charge in [0.1, 0.15) is 12.4 Å². The zero-order valence-corrected chi connectivity index (χ0v) is 11.0. The molecule has 0 spiro atoms. The summed E-state index contributed by atoms with van der Waals surface area (Å²) in [7, 11) is 4.05. The normalized spacial score (nSPS) is 12.2. The second-order valence-corrected chi connectivity index (χ2v) is 4.29. The van der Waals surface area contributed by atoms with E-state index in [1.54, 1.807) is 0 Å². The SMILES string of the molecule is CC(c1cccc(OCCNC(=O)O)c1)N(C)C. The lowest BCUT2D eigenvalue weighted by Crippen LogP contribution is -2.26. The van der Waals surface area contributed by atoms with Crippen LogP contribution in [0.3, 0.4) is 0 Å². The fourth-order valence-electron chi connectivity index (χ4n) is 1.49. The van der Waals surface area contributed by atoms with Gasteiger partial charge in [-0.15, -0.1) is 0 Å². The summed E-state index contributed by atoms with van der Waals surface area (Å²) in [5.74, 6) is 0.758. The van der Waals surface area contributed by atoms with E-state index in [1.165, 1.54) is 5.56 Å². The van der Waals surface area contributed by atoms with Crippen LogP contribution in [0, 0.1) is 0 Å². The molecule has 0 heterocycles. The van der Waals surface area contributed by atoms with E-state index in [2.05, 4.69) is 17.1 Å². The van der Waals surface area contributed by atoms with Crippen molar-refractivity contribution in [3.05, 3.63) is 29.8 Å². The number of hydrogen-bond acceptors (Lipinski definition) is 3. The maximum atomic E-state index is 10.3. The number of benzene rings is 1. The first-order valence-corrected chi connectivity index (χ1v) is 5.86. The van der Waals surface area contributed by atoms with Crippen LogP contribution in [0.1, 0.15) is 18.5 Å². The lowest BCUT2D eigenvalue weighted by molar-refractivity contribution is 0.191. The Kier molecular flexibility index (Phi) is 5.45. The molecular formula is C13H20N2O3. The van der Waals surface area contributed by atoms with Crippen molar-refractivity contribution in [3.63, 3.8) is 0 Å². The van der Waals surface area contributed by atoms with Crippen LogP contribution in [0.15, 0.2) is 24.3 Å². The molecular weight excluding hydrogens is 232 g/mol. The molecule has 0 saturated carbocycles. The minimum absolute atomic E-state index is 0.281. The predicted octanol–water partition coefficient (Wildman–Crippen LogP) is 1.96. The standard InChI is InChI=1S/C13H20N2O3/c1-10(15(2)3)11-5-4-6-12(9-11)18-8-7-14-13(16)17/h4-6,9-10,14H,7-8H2,1-3H3,(H,16,17). The Morgan fingerprint density at radius 3 is 2.83 bits per heavy atom. The first kappa shape index (κ1) is 14.3. The molecule has 0 aliphatic carbocycles. The fraction of sp³-hybridized carbons (Fsp3) is 0.462. The molecule has 0 radical (unpaired) electrons. The van der Waals surface area contributed by atoms with Gasteiger partial charge in [-0.25, -0.2) is 4.79 Å². The van der Waals surface area contributed by atoms with Crippen molar-refractivity contribution in [2.75, 3.05) is 27.2 Å². The molecule has 100 valence electrons. The molecule has 1 unspecified atom stereocenters. The Morgan fingerprint density at radius 2 is 2.22 bits per heavy atom. The Morgan fingerprint density at radius 1 is 1.50 bits per heavy atom. The van der Waals surface area contributed by atoms with Gasteiger partial charge in [0.05, 0.1) is 6.54 Å². The van der Waals surface area contributed by atoms with E-state index in [0.717, 1.165) is 5.75 Å². The molecule has 0 aliphatic rings. The summed E-state index contributed by atoms with van der Waals surface area (Å²) >= 11 is 0. The van der Waals surface area contributed by atoms with Gasteiger partial charge in [0, 0.05) is 6.04 Å². The lowest BCUT2D eigenvalue weighted by Gasteiger charge is -2.20. The van der Waals surface area contributed by atoms with Crippen molar-refractivity contribution in [2.45, 2.75) is 13.0 Å². The molecule has 18 heavy (non-hydrogen) atoms. The van der Waals surface area contributed by atoms with Gasteiger partial charge in [-0.2, -0.15) is 0 Å². The van der Waals surface area contributed by atoms with Crippen LogP contribution in [0.25, 0.3) is 0 Å². The maximum absolute atomic E-state index is 10.3.